The van der Waals surface area contributed by atoms with Gasteiger partial charge in [0.15, 0.2) is 5.69 Å². The van der Waals surface area contributed by atoms with Crippen LogP contribution in [0.4, 0.5) is 0 Å². The van der Waals surface area contributed by atoms with E-state index in [1.54, 1.807) is 28.8 Å². The number of carboxylic acids is 1. The van der Waals surface area contributed by atoms with E-state index in [9.17, 15) is 4.79 Å². The molecular formula is C10H11N5O2. The van der Waals surface area contributed by atoms with Gasteiger partial charge in [0.2, 0.25) is 0 Å². The maximum atomic E-state index is 11.1. The first kappa shape index (κ1) is 10.0. The zero-order valence-electron chi connectivity index (χ0n) is 9.24. The van der Waals surface area contributed by atoms with Crippen LogP contribution in [-0.2, 0) is 7.05 Å². The van der Waals surface area contributed by atoms with E-state index >= 15 is 0 Å². The van der Waals surface area contributed by atoms with E-state index in [0.717, 1.165) is 18.5 Å². The van der Waals surface area contributed by atoms with Gasteiger partial charge < -0.3 is 5.11 Å². The summed E-state index contributed by atoms with van der Waals surface area (Å²) in [6.07, 6.45) is 5.42. The quantitative estimate of drug-likeness (QED) is 0.837. The first-order chi connectivity index (χ1) is 8.16. The Labute approximate surface area is 96.7 Å². The highest BCUT2D eigenvalue weighted by molar-refractivity contribution is 5.87. The van der Waals surface area contributed by atoms with Crippen LogP contribution < -0.4 is 0 Å². The zero-order chi connectivity index (χ0) is 12.0. The predicted octanol–water partition coefficient (Wildman–Crippen LogP) is 0.576. The fourth-order valence-electron chi connectivity index (χ4n) is 1.87. The fourth-order valence-corrected chi connectivity index (χ4v) is 1.87. The van der Waals surface area contributed by atoms with E-state index in [2.05, 4.69) is 15.4 Å². The lowest BCUT2D eigenvalue weighted by molar-refractivity contribution is 0.0689. The van der Waals surface area contributed by atoms with Crippen molar-refractivity contribution in [3.63, 3.8) is 0 Å². The van der Waals surface area contributed by atoms with Crippen LogP contribution in [0.2, 0.25) is 0 Å². The van der Waals surface area contributed by atoms with Gasteiger partial charge in [0.1, 0.15) is 5.69 Å². The van der Waals surface area contributed by atoms with E-state index in [1.165, 1.54) is 0 Å². The van der Waals surface area contributed by atoms with Gasteiger partial charge in [-0.3, -0.25) is 4.68 Å². The average Bonchev–Trinajstić information content (AvgIpc) is 2.87. The SMILES string of the molecule is Cn1cc(-n2nnc(C(=O)O)c2C2CC2)cn1. The number of aromatic carboxylic acids is 1. The van der Waals surface area contributed by atoms with Crippen LogP contribution in [0.3, 0.4) is 0 Å². The molecule has 0 radical (unpaired) electrons. The third kappa shape index (κ3) is 1.59. The van der Waals surface area contributed by atoms with E-state index in [-0.39, 0.29) is 11.6 Å². The second-order valence-corrected chi connectivity index (χ2v) is 4.19. The Balaban J connectivity index is 2.13. The number of hydrogen-bond donors (Lipinski definition) is 1. The molecule has 2 aromatic heterocycles. The Morgan fingerprint density at radius 1 is 1.53 bits per heavy atom. The highest BCUT2D eigenvalue weighted by Gasteiger charge is 2.34. The number of rotatable bonds is 3. The van der Waals surface area contributed by atoms with Gasteiger partial charge in [-0.25, -0.2) is 9.48 Å². The summed E-state index contributed by atoms with van der Waals surface area (Å²) in [5, 5.41) is 20.8. The van der Waals surface area contributed by atoms with Gasteiger partial charge in [0.25, 0.3) is 0 Å². The maximum Gasteiger partial charge on any atom is 0.358 e. The standard InChI is InChI=1S/C10H11N5O2/c1-14-5-7(4-11-14)15-9(6-2-3-6)8(10(16)17)12-13-15/h4-6H,2-3H2,1H3,(H,16,17). The third-order valence-corrected chi connectivity index (χ3v) is 2.81. The van der Waals surface area contributed by atoms with Crippen LogP contribution in [-0.4, -0.2) is 35.9 Å². The second-order valence-electron chi connectivity index (χ2n) is 4.19. The van der Waals surface area contributed by atoms with E-state index in [1.807, 2.05) is 0 Å². The van der Waals surface area contributed by atoms with Crippen LogP contribution in [0.1, 0.15) is 34.9 Å². The van der Waals surface area contributed by atoms with Crippen molar-refractivity contribution in [1.82, 2.24) is 24.8 Å². The van der Waals surface area contributed by atoms with Gasteiger partial charge in [0, 0.05) is 13.0 Å². The molecule has 0 unspecified atom stereocenters. The van der Waals surface area contributed by atoms with Crippen LogP contribution >= 0.6 is 0 Å². The lowest BCUT2D eigenvalue weighted by Gasteiger charge is -2.01. The van der Waals surface area contributed by atoms with Crippen LogP contribution in [0, 0.1) is 0 Å². The Kier molecular flexibility index (Phi) is 2.01. The van der Waals surface area contributed by atoms with E-state index in [0.29, 0.717) is 5.69 Å². The molecule has 0 amide bonds. The molecule has 1 aliphatic carbocycles. The molecule has 7 nitrogen and oxygen atoms in total. The monoisotopic (exact) mass is 233 g/mol. The Morgan fingerprint density at radius 2 is 2.29 bits per heavy atom. The summed E-state index contributed by atoms with van der Waals surface area (Å²) in [6, 6.07) is 0. The molecule has 0 atom stereocenters. The molecule has 2 heterocycles. The van der Waals surface area contributed by atoms with Gasteiger partial charge in [-0.2, -0.15) is 5.10 Å². The molecule has 7 heteroatoms. The number of aryl methyl sites for hydroxylation is 1. The number of hydrogen-bond acceptors (Lipinski definition) is 4. The Bertz CT molecular complexity index is 581. The molecule has 0 aromatic carbocycles. The van der Waals surface area contributed by atoms with Crippen molar-refractivity contribution in [3.8, 4) is 5.69 Å². The summed E-state index contributed by atoms with van der Waals surface area (Å²) < 4.78 is 3.22. The van der Waals surface area contributed by atoms with Crippen molar-refractivity contribution in [2.45, 2.75) is 18.8 Å². The summed E-state index contributed by atoms with van der Waals surface area (Å²) >= 11 is 0. The van der Waals surface area contributed by atoms with Crippen molar-refractivity contribution in [2.24, 2.45) is 7.05 Å². The molecule has 0 saturated heterocycles. The number of carboxylic acid groups (broad SMARTS) is 1. The zero-order valence-corrected chi connectivity index (χ0v) is 9.24. The lowest BCUT2D eigenvalue weighted by Crippen LogP contribution is -2.05. The normalized spacial score (nSPS) is 15.1. The molecule has 1 aliphatic rings. The predicted molar refractivity (Wildman–Crippen MR) is 57.1 cm³/mol. The highest BCUT2D eigenvalue weighted by atomic mass is 16.4. The maximum absolute atomic E-state index is 11.1. The van der Waals surface area contributed by atoms with E-state index < -0.39 is 5.97 Å². The second kappa shape index (κ2) is 3.41. The summed E-state index contributed by atoms with van der Waals surface area (Å²) in [5.74, 6) is -0.765. The fraction of sp³-hybridized carbons (Fsp3) is 0.400. The molecule has 17 heavy (non-hydrogen) atoms. The third-order valence-electron chi connectivity index (χ3n) is 2.81. The minimum Gasteiger partial charge on any atom is -0.476 e. The molecule has 1 fully saturated rings. The van der Waals surface area contributed by atoms with Crippen molar-refractivity contribution < 1.29 is 9.90 Å². The highest BCUT2D eigenvalue weighted by Crippen LogP contribution is 2.41. The summed E-state index contributed by atoms with van der Waals surface area (Å²) in [5.41, 5.74) is 1.48. The topological polar surface area (TPSA) is 85.8 Å². The number of aromatic nitrogens is 5. The lowest BCUT2D eigenvalue weighted by atomic mass is 10.2. The van der Waals surface area contributed by atoms with Gasteiger partial charge >= 0.3 is 5.97 Å². The van der Waals surface area contributed by atoms with E-state index in [4.69, 9.17) is 5.11 Å². The molecule has 0 aliphatic heterocycles. The smallest absolute Gasteiger partial charge is 0.358 e. The Morgan fingerprint density at radius 3 is 2.82 bits per heavy atom. The average molecular weight is 233 g/mol. The van der Waals surface area contributed by atoms with Crippen molar-refractivity contribution in [3.05, 3.63) is 23.8 Å². The summed E-state index contributed by atoms with van der Waals surface area (Å²) in [7, 11) is 1.80. The molecule has 88 valence electrons. The van der Waals surface area contributed by atoms with Crippen molar-refractivity contribution in [2.75, 3.05) is 0 Å². The molecule has 3 rings (SSSR count). The first-order valence-corrected chi connectivity index (χ1v) is 5.34. The molecule has 0 bridgehead atoms. The van der Waals surface area contributed by atoms with Gasteiger partial charge in [-0.05, 0) is 12.8 Å². The van der Waals surface area contributed by atoms with Crippen LogP contribution in [0.25, 0.3) is 5.69 Å². The van der Waals surface area contributed by atoms with Crippen molar-refractivity contribution in [1.29, 1.82) is 0 Å². The summed E-state index contributed by atoms with van der Waals surface area (Å²) in [6.45, 7) is 0. The summed E-state index contributed by atoms with van der Waals surface area (Å²) in [4.78, 5) is 11.1. The Hall–Kier alpha value is -2.18. The van der Waals surface area contributed by atoms with Gasteiger partial charge in [-0.15, -0.1) is 5.10 Å². The van der Waals surface area contributed by atoms with Crippen LogP contribution in [0.15, 0.2) is 12.4 Å². The number of nitrogens with zero attached hydrogens (tertiary/aromatic N) is 5. The molecule has 2 aromatic rings. The number of carbonyl (C=O) groups is 1. The minimum absolute atomic E-state index is 0.0522. The molecule has 1 N–H and O–H groups in total. The molecular weight excluding hydrogens is 222 g/mol. The van der Waals surface area contributed by atoms with Gasteiger partial charge in [-0.1, -0.05) is 5.21 Å². The molecule has 0 spiro atoms. The van der Waals surface area contributed by atoms with Crippen LogP contribution in [0.5, 0.6) is 0 Å². The first-order valence-electron chi connectivity index (χ1n) is 5.34. The molecule has 1 saturated carbocycles. The van der Waals surface area contributed by atoms with Gasteiger partial charge in [0.05, 0.1) is 18.1 Å². The minimum atomic E-state index is -1.03. The largest absolute Gasteiger partial charge is 0.476 e. The van der Waals surface area contributed by atoms with Crippen molar-refractivity contribution >= 4 is 5.97 Å².